The molecule has 6 nitrogen and oxygen atoms in total. The van der Waals surface area contributed by atoms with Crippen LogP contribution in [-0.2, 0) is 0 Å². The average Bonchev–Trinajstić information content (AvgIpc) is 2.46. The third-order valence-corrected chi connectivity index (χ3v) is 3.61. The first kappa shape index (κ1) is 14.9. The standard InChI is InChI=1S/C14H11ClN2O4/c1-9-7-8-11(16(18)19)14(17(20)21)12(9)13(15)10-5-3-2-4-6-10/h2-8,13H,1H3. The van der Waals surface area contributed by atoms with Crippen molar-refractivity contribution in [2.45, 2.75) is 12.3 Å². The van der Waals surface area contributed by atoms with E-state index in [-0.39, 0.29) is 5.56 Å². The van der Waals surface area contributed by atoms with E-state index in [0.717, 1.165) is 6.07 Å². The second kappa shape index (κ2) is 5.88. The SMILES string of the molecule is Cc1ccc([N+](=O)[O-])c([N+](=O)[O-])c1C(Cl)c1ccccc1. The van der Waals surface area contributed by atoms with Crippen molar-refractivity contribution in [2.75, 3.05) is 0 Å². The summed E-state index contributed by atoms with van der Waals surface area (Å²) in [6, 6.07) is 11.3. The number of nitro groups is 2. The van der Waals surface area contributed by atoms with Crippen molar-refractivity contribution in [1.29, 1.82) is 0 Å². The molecule has 2 aromatic rings. The zero-order valence-electron chi connectivity index (χ0n) is 11.0. The Morgan fingerprint density at radius 3 is 2.14 bits per heavy atom. The molecule has 0 aliphatic carbocycles. The van der Waals surface area contributed by atoms with Gasteiger partial charge in [0.05, 0.1) is 20.8 Å². The van der Waals surface area contributed by atoms with Crippen LogP contribution in [0.15, 0.2) is 42.5 Å². The molecule has 0 spiro atoms. The van der Waals surface area contributed by atoms with E-state index in [2.05, 4.69) is 0 Å². The monoisotopic (exact) mass is 306 g/mol. The largest absolute Gasteiger partial charge is 0.351 e. The number of hydrogen-bond donors (Lipinski definition) is 0. The van der Waals surface area contributed by atoms with E-state index in [1.807, 2.05) is 0 Å². The molecule has 0 saturated heterocycles. The van der Waals surface area contributed by atoms with E-state index in [4.69, 9.17) is 11.6 Å². The average molecular weight is 307 g/mol. The first-order valence-corrected chi connectivity index (χ1v) is 6.48. The number of hydrogen-bond acceptors (Lipinski definition) is 4. The van der Waals surface area contributed by atoms with Crippen molar-refractivity contribution in [1.82, 2.24) is 0 Å². The van der Waals surface area contributed by atoms with Gasteiger partial charge in [0.15, 0.2) is 0 Å². The van der Waals surface area contributed by atoms with Gasteiger partial charge >= 0.3 is 11.4 Å². The van der Waals surface area contributed by atoms with Crippen molar-refractivity contribution in [3.8, 4) is 0 Å². The zero-order valence-corrected chi connectivity index (χ0v) is 11.8. The fraction of sp³-hybridized carbons (Fsp3) is 0.143. The number of benzene rings is 2. The third kappa shape index (κ3) is 2.85. The van der Waals surface area contributed by atoms with E-state index in [0.29, 0.717) is 11.1 Å². The molecule has 108 valence electrons. The molecule has 21 heavy (non-hydrogen) atoms. The summed E-state index contributed by atoms with van der Waals surface area (Å²) in [5.74, 6) is 0. The van der Waals surface area contributed by atoms with Gasteiger partial charge in [-0.3, -0.25) is 20.2 Å². The first-order valence-electron chi connectivity index (χ1n) is 6.04. The maximum atomic E-state index is 11.3. The maximum absolute atomic E-state index is 11.3. The fourth-order valence-corrected chi connectivity index (χ4v) is 2.57. The minimum absolute atomic E-state index is 0.155. The third-order valence-electron chi connectivity index (χ3n) is 3.14. The summed E-state index contributed by atoms with van der Waals surface area (Å²) in [5, 5.41) is 21.5. The van der Waals surface area contributed by atoms with Crippen LogP contribution >= 0.6 is 11.6 Å². The van der Waals surface area contributed by atoms with Crippen molar-refractivity contribution in [3.63, 3.8) is 0 Å². The van der Waals surface area contributed by atoms with Crippen LogP contribution in [0, 0.1) is 27.2 Å². The Hall–Kier alpha value is -2.47. The second-order valence-corrected chi connectivity index (χ2v) is 4.89. The summed E-state index contributed by atoms with van der Waals surface area (Å²) in [6.07, 6.45) is 0. The number of nitrogens with zero attached hydrogens (tertiary/aromatic N) is 2. The minimum atomic E-state index is -0.827. The van der Waals surface area contributed by atoms with Gasteiger partial charge in [-0.15, -0.1) is 11.6 Å². The molecule has 7 heteroatoms. The molecule has 0 radical (unpaired) electrons. The van der Waals surface area contributed by atoms with Crippen LogP contribution in [0.4, 0.5) is 11.4 Å². The highest BCUT2D eigenvalue weighted by Gasteiger charge is 2.33. The Balaban J connectivity index is 2.70. The Morgan fingerprint density at radius 1 is 1.00 bits per heavy atom. The highest BCUT2D eigenvalue weighted by molar-refractivity contribution is 6.23. The molecule has 0 heterocycles. The molecule has 0 saturated carbocycles. The fourth-order valence-electron chi connectivity index (χ4n) is 2.15. The molecule has 2 aromatic carbocycles. The molecular weight excluding hydrogens is 296 g/mol. The Kier molecular flexibility index (Phi) is 4.18. The van der Waals surface area contributed by atoms with Crippen LogP contribution in [-0.4, -0.2) is 9.85 Å². The van der Waals surface area contributed by atoms with Crippen LogP contribution in [0.1, 0.15) is 22.1 Å². The lowest BCUT2D eigenvalue weighted by Gasteiger charge is -2.13. The van der Waals surface area contributed by atoms with Gasteiger partial charge in [0, 0.05) is 6.07 Å². The van der Waals surface area contributed by atoms with Crippen LogP contribution < -0.4 is 0 Å². The van der Waals surface area contributed by atoms with E-state index in [9.17, 15) is 20.2 Å². The normalized spacial score (nSPS) is 11.9. The van der Waals surface area contributed by atoms with Crippen LogP contribution in [0.2, 0.25) is 0 Å². The molecule has 0 aromatic heterocycles. The quantitative estimate of drug-likeness (QED) is 0.482. The lowest BCUT2D eigenvalue weighted by Crippen LogP contribution is -2.05. The van der Waals surface area contributed by atoms with E-state index in [1.165, 1.54) is 6.07 Å². The van der Waals surface area contributed by atoms with Crippen molar-refractivity contribution in [2.24, 2.45) is 0 Å². The van der Waals surface area contributed by atoms with Crippen LogP contribution in [0.3, 0.4) is 0 Å². The molecule has 1 atom stereocenters. The Morgan fingerprint density at radius 2 is 1.62 bits per heavy atom. The van der Waals surface area contributed by atoms with Crippen molar-refractivity contribution < 1.29 is 9.85 Å². The summed E-state index contributed by atoms with van der Waals surface area (Å²) < 4.78 is 0. The number of aryl methyl sites for hydroxylation is 1. The molecular formula is C14H11ClN2O4. The molecule has 0 fully saturated rings. The van der Waals surface area contributed by atoms with Crippen molar-refractivity contribution in [3.05, 3.63) is 79.4 Å². The van der Waals surface area contributed by atoms with Gasteiger partial charge in [0.2, 0.25) is 0 Å². The summed E-state index contributed by atoms with van der Waals surface area (Å²) in [5.41, 5.74) is 0.232. The molecule has 0 aliphatic heterocycles. The molecule has 1 unspecified atom stereocenters. The lowest BCUT2D eigenvalue weighted by molar-refractivity contribution is -0.423. The summed E-state index contributed by atoms with van der Waals surface area (Å²) >= 11 is 6.34. The second-order valence-electron chi connectivity index (χ2n) is 4.45. The van der Waals surface area contributed by atoms with E-state index < -0.39 is 26.6 Å². The minimum Gasteiger partial charge on any atom is -0.258 e. The van der Waals surface area contributed by atoms with E-state index in [1.54, 1.807) is 37.3 Å². The van der Waals surface area contributed by atoms with Gasteiger partial charge in [-0.25, -0.2) is 0 Å². The lowest BCUT2D eigenvalue weighted by atomic mass is 9.97. The Labute approximate surface area is 125 Å². The van der Waals surface area contributed by atoms with Gasteiger partial charge in [0.1, 0.15) is 0 Å². The summed E-state index contributed by atoms with van der Waals surface area (Å²) in [6.45, 7) is 1.64. The predicted molar refractivity (Wildman–Crippen MR) is 78.6 cm³/mol. The van der Waals surface area contributed by atoms with Crippen molar-refractivity contribution >= 4 is 23.0 Å². The highest BCUT2D eigenvalue weighted by atomic mass is 35.5. The van der Waals surface area contributed by atoms with Gasteiger partial charge in [-0.1, -0.05) is 36.4 Å². The van der Waals surface area contributed by atoms with Gasteiger partial charge in [-0.05, 0) is 18.1 Å². The maximum Gasteiger partial charge on any atom is 0.351 e. The molecule has 0 aliphatic rings. The first-order chi connectivity index (χ1) is 9.93. The Bertz CT molecular complexity index is 704. The molecule has 0 amide bonds. The van der Waals surface area contributed by atoms with Gasteiger partial charge in [-0.2, -0.15) is 0 Å². The zero-order chi connectivity index (χ0) is 15.6. The molecule has 0 bridgehead atoms. The highest BCUT2D eigenvalue weighted by Crippen LogP contribution is 2.41. The smallest absolute Gasteiger partial charge is 0.258 e. The topological polar surface area (TPSA) is 86.3 Å². The van der Waals surface area contributed by atoms with Crippen LogP contribution in [0.5, 0.6) is 0 Å². The van der Waals surface area contributed by atoms with E-state index >= 15 is 0 Å². The molecule has 0 N–H and O–H groups in total. The number of alkyl halides is 1. The number of halogens is 1. The molecule has 2 rings (SSSR count). The number of nitro benzene ring substituents is 2. The summed E-state index contributed by atoms with van der Waals surface area (Å²) in [7, 11) is 0. The summed E-state index contributed by atoms with van der Waals surface area (Å²) in [4.78, 5) is 20.8. The van der Waals surface area contributed by atoms with Gasteiger partial charge < -0.3 is 0 Å². The number of rotatable bonds is 4. The van der Waals surface area contributed by atoms with Gasteiger partial charge in [0.25, 0.3) is 0 Å². The van der Waals surface area contributed by atoms with Crippen LogP contribution in [0.25, 0.3) is 0 Å². The predicted octanol–water partition coefficient (Wildman–Crippen LogP) is 4.14.